The van der Waals surface area contributed by atoms with E-state index in [0.717, 1.165) is 51.9 Å². The lowest BCUT2D eigenvalue weighted by Crippen LogP contribution is -2.48. The van der Waals surface area contributed by atoms with Gasteiger partial charge in [0.1, 0.15) is 5.69 Å². The Bertz CT molecular complexity index is 945. The summed E-state index contributed by atoms with van der Waals surface area (Å²) in [6.45, 7) is 3.69. The average molecular weight is 388 g/mol. The van der Waals surface area contributed by atoms with E-state index in [2.05, 4.69) is 20.2 Å². The minimum Gasteiger partial charge on any atom is -0.346 e. The zero-order chi connectivity index (χ0) is 18.1. The summed E-state index contributed by atoms with van der Waals surface area (Å²) in [7, 11) is 0. The lowest BCUT2D eigenvalue weighted by atomic mass is 10.1. The van der Waals surface area contributed by atoms with Gasteiger partial charge < -0.3 is 10.2 Å². The average Bonchev–Trinajstić information content (AvgIpc) is 3.07. The number of amides is 1. The van der Waals surface area contributed by atoms with Crippen molar-refractivity contribution < 1.29 is 4.79 Å². The molecule has 0 radical (unpaired) electrons. The minimum atomic E-state index is -0.183. The molecule has 1 amide bonds. The third kappa shape index (κ3) is 3.50. The second kappa shape index (κ2) is 7.17. The van der Waals surface area contributed by atoms with Crippen molar-refractivity contribution in [3.05, 3.63) is 47.0 Å². The first-order valence-electron chi connectivity index (χ1n) is 8.48. The SMILES string of the molecule is Cc1cc(Cl)cc2sc(N3CCCC(NC(=O)c4cnccn4)C3)nc12. The molecule has 8 heteroatoms. The van der Waals surface area contributed by atoms with E-state index in [-0.39, 0.29) is 11.9 Å². The largest absolute Gasteiger partial charge is 0.346 e. The number of hydrogen-bond donors (Lipinski definition) is 1. The fraction of sp³-hybridized carbons (Fsp3) is 0.333. The number of rotatable bonds is 3. The van der Waals surface area contributed by atoms with Crippen LogP contribution in [0.25, 0.3) is 10.2 Å². The minimum absolute atomic E-state index is 0.0648. The van der Waals surface area contributed by atoms with E-state index < -0.39 is 0 Å². The number of aryl methyl sites for hydroxylation is 1. The van der Waals surface area contributed by atoms with Crippen LogP contribution in [-0.4, -0.2) is 40.0 Å². The third-order valence-electron chi connectivity index (χ3n) is 4.46. The quantitative estimate of drug-likeness (QED) is 0.745. The number of carbonyl (C=O) groups is 1. The molecule has 1 fully saturated rings. The Kier molecular flexibility index (Phi) is 4.74. The van der Waals surface area contributed by atoms with Gasteiger partial charge in [-0.25, -0.2) is 9.97 Å². The number of nitrogens with zero attached hydrogens (tertiary/aromatic N) is 4. The number of aromatic nitrogens is 3. The number of halogens is 1. The van der Waals surface area contributed by atoms with E-state index in [0.29, 0.717) is 5.69 Å². The second-order valence-corrected chi connectivity index (χ2v) is 7.86. The number of carbonyl (C=O) groups excluding carboxylic acids is 1. The van der Waals surface area contributed by atoms with Gasteiger partial charge in [-0.05, 0) is 37.5 Å². The van der Waals surface area contributed by atoms with Crippen molar-refractivity contribution >= 4 is 44.2 Å². The standard InChI is InChI=1S/C18H18ClN5OS/c1-11-7-12(19)8-15-16(11)23-18(26-15)24-6-2-3-13(10-24)22-17(25)14-9-20-4-5-21-14/h4-5,7-9,13H,2-3,6,10H2,1H3,(H,22,25). The highest BCUT2D eigenvalue weighted by molar-refractivity contribution is 7.22. The van der Waals surface area contributed by atoms with Crippen LogP contribution in [0.3, 0.4) is 0 Å². The zero-order valence-electron chi connectivity index (χ0n) is 14.3. The molecule has 1 aliphatic rings. The lowest BCUT2D eigenvalue weighted by Gasteiger charge is -2.32. The summed E-state index contributed by atoms with van der Waals surface area (Å²) < 4.78 is 1.09. The van der Waals surface area contributed by atoms with E-state index >= 15 is 0 Å². The fourth-order valence-corrected chi connectivity index (χ4v) is 4.68. The molecule has 1 aliphatic heterocycles. The Morgan fingerprint density at radius 1 is 1.38 bits per heavy atom. The molecule has 1 N–H and O–H groups in total. The smallest absolute Gasteiger partial charge is 0.271 e. The molecule has 0 spiro atoms. The molecule has 3 aromatic rings. The van der Waals surface area contributed by atoms with Crippen LogP contribution in [0.1, 0.15) is 28.9 Å². The number of anilines is 1. The van der Waals surface area contributed by atoms with Gasteiger partial charge in [0.15, 0.2) is 5.13 Å². The summed E-state index contributed by atoms with van der Waals surface area (Å²) in [4.78, 5) is 27.4. The van der Waals surface area contributed by atoms with Crippen molar-refractivity contribution in [1.29, 1.82) is 0 Å². The number of piperidine rings is 1. The van der Waals surface area contributed by atoms with Crippen molar-refractivity contribution in [2.75, 3.05) is 18.0 Å². The fourth-order valence-electron chi connectivity index (χ4n) is 3.22. The van der Waals surface area contributed by atoms with E-state index in [4.69, 9.17) is 16.6 Å². The normalized spacial score (nSPS) is 17.5. The van der Waals surface area contributed by atoms with Crippen molar-refractivity contribution in [2.24, 2.45) is 0 Å². The van der Waals surface area contributed by atoms with E-state index in [1.807, 2.05) is 19.1 Å². The van der Waals surface area contributed by atoms with Gasteiger partial charge in [-0.2, -0.15) is 0 Å². The van der Waals surface area contributed by atoms with Crippen LogP contribution in [0.4, 0.5) is 5.13 Å². The maximum atomic E-state index is 12.3. The Labute approximate surface area is 160 Å². The summed E-state index contributed by atoms with van der Waals surface area (Å²) in [5, 5.41) is 4.77. The third-order valence-corrected chi connectivity index (χ3v) is 5.74. The molecule has 0 bridgehead atoms. The molecule has 0 saturated carbocycles. The molecule has 1 aromatic carbocycles. The first-order chi connectivity index (χ1) is 12.6. The summed E-state index contributed by atoms with van der Waals surface area (Å²) in [6.07, 6.45) is 6.51. The maximum Gasteiger partial charge on any atom is 0.271 e. The summed E-state index contributed by atoms with van der Waals surface area (Å²) >= 11 is 7.81. The highest BCUT2D eigenvalue weighted by atomic mass is 35.5. The highest BCUT2D eigenvalue weighted by Gasteiger charge is 2.24. The van der Waals surface area contributed by atoms with Crippen molar-refractivity contribution in [3.63, 3.8) is 0 Å². The van der Waals surface area contributed by atoms with Gasteiger partial charge in [-0.1, -0.05) is 22.9 Å². The highest BCUT2D eigenvalue weighted by Crippen LogP contribution is 2.34. The monoisotopic (exact) mass is 387 g/mol. The van der Waals surface area contributed by atoms with Gasteiger partial charge in [0.05, 0.1) is 16.4 Å². The predicted molar refractivity (Wildman–Crippen MR) is 104 cm³/mol. The summed E-state index contributed by atoms with van der Waals surface area (Å²) in [5.41, 5.74) is 2.43. The summed E-state index contributed by atoms with van der Waals surface area (Å²) in [6, 6.07) is 3.96. The van der Waals surface area contributed by atoms with Crippen LogP contribution < -0.4 is 10.2 Å². The molecule has 6 nitrogen and oxygen atoms in total. The van der Waals surface area contributed by atoms with Crippen molar-refractivity contribution in [1.82, 2.24) is 20.3 Å². The Hall–Kier alpha value is -2.25. The predicted octanol–water partition coefficient (Wildman–Crippen LogP) is 3.45. The van der Waals surface area contributed by atoms with Crippen LogP contribution in [0.5, 0.6) is 0 Å². The van der Waals surface area contributed by atoms with E-state index in [1.165, 1.54) is 12.4 Å². The summed E-state index contributed by atoms with van der Waals surface area (Å²) in [5.74, 6) is -0.183. The molecule has 134 valence electrons. The Morgan fingerprint density at radius 2 is 2.27 bits per heavy atom. The topological polar surface area (TPSA) is 71.0 Å². The van der Waals surface area contributed by atoms with E-state index in [9.17, 15) is 4.79 Å². The van der Waals surface area contributed by atoms with Gasteiger partial charge in [0.25, 0.3) is 5.91 Å². The number of fused-ring (bicyclic) bond motifs is 1. The molecule has 26 heavy (non-hydrogen) atoms. The molecule has 3 heterocycles. The van der Waals surface area contributed by atoms with Crippen LogP contribution in [-0.2, 0) is 0 Å². The van der Waals surface area contributed by atoms with E-state index in [1.54, 1.807) is 17.5 Å². The molecule has 0 aliphatic carbocycles. The molecular formula is C18H18ClN5OS. The van der Waals surface area contributed by atoms with Gasteiger partial charge in [0, 0.05) is 36.5 Å². The molecule has 2 aromatic heterocycles. The van der Waals surface area contributed by atoms with Gasteiger partial charge in [-0.3, -0.25) is 9.78 Å². The molecular weight excluding hydrogens is 370 g/mol. The van der Waals surface area contributed by atoms with Crippen molar-refractivity contribution in [3.8, 4) is 0 Å². The van der Waals surface area contributed by atoms with Crippen molar-refractivity contribution in [2.45, 2.75) is 25.8 Å². The first-order valence-corrected chi connectivity index (χ1v) is 9.68. The Balaban J connectivity index is 1.50. The lowest BCUT2D eigenvalue weighted by molar-refractivity contribution is 0.0927. The molecule has 1 atom stereocenters. The maximum absolute atomic E-state index is 12.3. The molecule has 1 unspecified atom stereocenters. The van der Waals surface area contributed by atoms with Gasteiger partial charge in [-0.15, -0.1) is 0 Å². The van der Waals surface area contributed by atoms with Crippen LogP contribution in [0, 0.1) is 6.92 Å². The zero-order valence-corrected chi connectivity index (χ0v) is 15.8. The number of hydrogen-bond acceptors (Lipinski definition) is 6. The van der Waals surface area contributed by atoms with Crippen LogP contribution in [0.15, 0.2) is 30.7 Å². The molecule has 1 saturated heterocycles. The number of benzene rings is 1. The Morgan fingerprint density at radius 3 is 3.08 bits per heavy atom. The number of thiazole rings is 1. The van der Waals surface area contributed by atoms with Gasteiger partial charge in [0.2, 0.25) is 0 Å². The van der Waals surface area contributed by atoms with Gasteiger partial charge >= 0.3 is 0 Å². The molecule has 4 rings (SSSR count). The van der Waals surface area contributed by atoms with Crippen LogP contribution in [0.2, 0.25) is 5.02 Å². The second-order valence-electron chi connectivity index (χ2n) is 6.42. The number of nitrogens with one attached hydrogen (secondary N) is 1. The first kappa shape index (κ1) is 17.2. The van der Waals surface area contributed by atoms with Crippen LogP contribution >= 0.6 is 22.9 Å².